The van der Waals surface area contributed by atoms with E-state index in [0.29, 0.717) is 24.3 Å². The van der Waals surface area contributed by atoms with Crippen LogP contribution in [0.5, 0.6) is 0 Å². The number of hydrogen-bond donors (Lipinski definition) is 1. The minimum absolute atomic E-state index is 0.411. The Morgan fingerprint density at radius 3 is 2.42 bits per heavy atom. The molecule has 2 aromatic rings. The maximum atomic E-state index is 5.91. The van der Waals surface area contributed by atoms with E-state index in [1.54, 1.807) is 0 Å². The van der Waals surface area contributed by atoms with Crippen LogP contribution in [-0.2, 0) is 7.05 Å². The third-order valence-corrected chi connectivity index (χ3v) is 3.94. The molecule has 0 radical (unpaired) electrons. The molecule has 0 fully saturated rings. The van der Waals surface area contributed by atoms with Gasteiger partial charge in [-0.15, -0.1) is 0 Å². The number of imidazole rings is 1. The second-order valence-electron chi connectivity index (χ2n) is 6.02. The third kappa shape index (κ3) is 2.52. The summed E-state index contributed by atoms with van der Waals surface area (Å²) in [6, 6.07) is 6.58. The number of nitrogens with zero attached hydrogens (tertiary/aromatic N) is 2. The SMILES string of the molecule is CC(C)c1nc2cc(C(CN)C(C)C)ccc2n1C. The predicted octanol–water partition coefficient (Wildman–Crippen LogP) is 3.40. The van der Waals surface area contributed by atoms with Crippen LogP contribution in [0.2, 0.25) is 0 Å². The number of aromatic nitrogens is 2. The van der Waals surface area contributed by atoms with E-state index < -0.39 is 0 Å². The van der Waals surface area contributed by atoms with Crippen molar-refractivity contribution in [3.8, 4) is 0 Å². The van der Waals surface area contributed by atoms with Crippen LogP contribution in [0.4, 0.5) is 0 Å². The maximum absolute atomic E-state index is 5.91. The van der Waals surface area contributed by atoms with Crippen LogP contribution in [0.1, 0.15) is 50.9 Å². The van der Waals surface area contributed by atoms with Crippen LogP contribution in [0.3, 0.4) is 0 Å². The standard InChI is InChI=1S/C16H25N3/c1-10(2)13(9-17)12-6-7-15-14(8-12)18-16(11(3)4)19(15)5/h6-8,10-11,13H,9,17H2,1-5H3. The van der Waals surface area contributed by atoms with Crippen molar-refractivity contribution < 1.29 is 0 Å². The van der Waals surface area contributed by atoms with Gasteiger partial charge in [-0.1, -0.05) is 33.8 Å². The smallest absolute Gasteiger partial charge is 0.112 e. The molecule has 0 bridgehead atoms. The molecule has 0 aliphatic rings. The highest BCUT2D eigenvalue weighted by atomic mass is 15.1. The molecule has 0 saturated heterocycles. The number of fused-ring (bicyclic) bond motifs is 1. The van der Waals surface area contributed by atoms with Crippen molar-refractivity contribution in [2.45, 2.75) is 39.5 Å². The van der Waals surface area contributed by atoms with Gasteiger partial charge < -0.3 is 10.3 Å². The average molecular weight is 259 g/mol. The molecule has 1 heterocycles. The number of hydrogen-bond acceptors (Lipinski definition) is 2. The molecule has 3 nitrogen and oxygen atoms in total. The van der Waals surface area contributed by atoms with Crippen molar-refractivity contribution in [1.29, 1.82) is 0 Å². The lowest BCUT2D eigenvalue weighted by Crippen LogP contribution is -2.17. The Kier molecular flexibility index (Phi) is 3.95. The van der Waals surface area contributed by atoms with Crippen molar-refractivity contribution >= 4 is 11.0 Å². The average Bonchev–Trinajstić information content (AvgIpc) is 2.67. The molecule has 3 heteroatoms. The summed E-state index contributed by atoms with van der Waals surface area (Å²) in [6.07, 6.45) is 0. The highest BCUT2D eigenvalue weighted by molar-refractivity contribution is 5.77. The molecular weight excluding hydrogens is 234 g/mol. The summed E-state index contributed by atoms with van der Waals surface area (Å²) in [4.78, 5) is 4.77. The minimum atomic E-state index is 0.411. The van der Waals surface area contributed by atoms with E-state index in [1.807, 2.05) is 0 Å². The molecule has 0 aliphatic carbocycles. The van der Waals surface area contributed by atoms with Crippen LogP contribution in [-0.4, -0.2) is 16.1 Å². The van der Waals surface area contributed by atoms with Gasteiger partial charge in [-0.05, 0) is 36.1 Å². The molecule has 19 heavy (non-hydrogen) atoms. The van der Waals surface area contributed by atoms with Gasteiger partial charge in [0, 0.05) is 13.0 Å². The predicted molar refractivity (Wildman–Crippen MR) is 81.4 cm³/mol. The summed E-state index contributed by atoms with van der Waals surface area (Å²) in [6.45, 7) is 9.49. The Balaban J connectivity index is 2.52. The van der Waals surface area contributed by atoms with Gasteiger partial charge in [-0.3, -0.25) is 0 Å². The fourth-order valence-corrected chi connectivity index (χ4v) is 2.78. The first-order valence-corrected chi connectivity index (χ1v) is 7.12. The third-order valence-electron chi connectivity index (χ3n) is 3.94. The van der Waals surface area contributed by atoms with E-state index in [-0.39, 0.29) is 0 Å². The molecule has 0 spiro atoms. The number of benzene rings is 1. The van der Waals surface area contributed by atoms with E-state index in [9.17, 15) is 0 Å². The zero-order valence-corrected chi connectivity index (χ0v) is 12.6. The lowest BCUT2D eigenvalue weighted by Gasteiger charge is -2.19. The maximum Gasteiger partial charge on any atom is 0.112 e. The first-order valence-electron chi connectivity index (χ1n) is 7.12. The monoisotopic (exact) mass is 259 g/mol. The number of rotatable bonds is 4. The zero-order valence-electron chi connectivity index (χ0n) is 12.6. The van der Waals surface area contributed by atoms with Gasteiger partial charge >= 0.3 is 0 Å². The van der Waals surface area contributed by atoms with Crippen molar-refractivity contribution in [1.82, 2.24) is 9.55 Å². The van der Waals surface area contributed by atoms with Crippen LogP contribution >= 0.6 is 0 Å². The van der Waals surface area contributed by atoms with Crippen LogP contribution in [0.15, 0.2) is 18.2 Å². The Hall–Kier alpha value is -1.35. The van der Waals surface area contributed by atoms with Crippen LogP contribution in [0.25, 0.3) is 11.0 Å². The van der Waals surface area contributed by atoms with E-state index >= 15 is 0 Å². The van der Waals surface area contributed by atoms with Crippen molar-refractivity contribution in [3.05, 3.63) is 29.6 Å². The van der Waals surface area contributed by atoms with Crippen LogP contribution in [0, 0.1) is 5.92 Å². The Morgan fingerprint density at radius 1 is 1.21 bits per heavy atom. The van der Waals surface area contributed by atoms with E-state index in [0.717, 1.165) is 11.3 Å². The minimum Gasteiger partial charge on any atom is -0.331 e. The molecule has 1 atom stereocenters. The van der Waals surface area contributed by atoms with E-state index in [1.165, 1.54) is 11.1 Å². The second-order valence-corrected chi connectivity index (χ2v) is 6.02. The second kappa shape index (κ2) is 5.33. The Bertz CT molecular complexity index is 567. The summed E-state index contributed by atoms with van der Waals surface area (Å²) in [5.74, 6) is 2.54. The normalized spacial score (nSPS) is 13.7. The topological polar surface area (TPSA) is 43.8 Å². The van der Waals surface area contributed by atoms with Gasteiger partial charge in [0.25, 0.3) is 0 Å². The van der Waals surface area contributed by atoms with E-state index in [4.69, 9.17) is 10.7 Å². The summed E-state index contributed by atoms with van der Waals surface area (Å²) >= 11 is 0. The first-order chi connectivity index (χ1) is 8.95. The molecule has 0 saturated carbocycles. The molecule has 0 aliphatic heterocycles. The molecule has 0 amide bonds. The van der Waals surface area contributed by atoms with Crippen molar-refractivity contribution in [2.75, 3.05) is 6.54 Å². The molecule has 1 aromatic carbocycles. The Morgan fingerprint density at radius 2 is 1.89 bits per heavy atom. The van der Waals surface area contributed by atoms with Gasteiger partial charge in [0.15, 0.2) is 0 Å². The van der Waals surface area contributed by atoms with Gasteiger partial charge in [0.1, 0.15) is 5.82 Å². The fourth-order valence-electron chi connectivity index (χ4n) is 2.78. The highest BCUT2D eigenvalue weighted by Gasteiger charge is 2.16. The quantitative estimate of drug-likeness (QED) is 0.914. The summed E-state index contributed by atoms with van der Waals surface area (Å²) in [5.41, 5.74) is 9.50. The van der Waals surface area contributed by atoms with Crippen LogP contribution < -0.4 is 5.73 Å². The molecular formula is C16H25N3. The van der Waals surface area contributed by atoms with E-state index in [2.05, 4.69) is 57.5 Å². The summed E-state index contributed by atoms with van der Waals surface area (Å²) < 4.78 is 2.19. The van der Waals surface area contributed by atoms with Crippen molar-refractivity contribution in [2.24, 2.45) is 18.7 Å². The van der Waals surface area contributed by atoms with Gasteiger partial charge in [0.05, 0.1) is 11.0 Å². The van der Waals surface area contributed by atoms with Gasteiger partial charge in [0.2, 0.25) is 0 Å². The Labute approximate surface area is 115 Å². The summed E-state index contributed by atoms with van der Waals surface area (Å²) in [5, 5.41) is 0. The largest absolute Gasteiger partial charge is 0.331 e. The van der Waals surface area contributed by atoms with Gasteiger partial charge in [-0.25, -0.2) is 4.98 Å². The fraction of sp³-hybridized carbons (Fsp3) is 0.562. The lowest BCUT2D eigenvalue weighted by molar-refractivity contribution is 0.507. The van der Waals surface area contributed by atoms with Crippen molar-refractivity contribution in [3.63, 3.8) is 0 Å². The molecule has 2 N–H and O–H groups in total. The molecule has 104 valence electrons. The number of nitrogens with two attached hydrogens (primary N) is 1. The lowest BCUT2D eigenvalue weighted by atomic mass is 9.88. The first kappa shape index (κ1) is 14.1. The van der Waals surface area contributed by atoms with Gasteiger partial charge in [-0.2, -0.15) is 0 Å². The number of aryl methyl sites for hydroxylation is 1. The molecule has 1 aromatic heterocycles. The molecule has 1 unspecified atom stereocenters. The zero-order chi connectivity index (χ0) is 14.2. The highest BCUT2D eigenvalue weighted by Crippen LogP contribution is 2.27. The summed E-state index contributed by atoms with van der Waals surface area (Å²) in [7, 11) is 2.09. The molecule has 2 rings (SSSR count).